The zero-order valence-electron chi connectivity index (χ0n) is 25.2. The molecule has 3 aromatic carbocycles. The Morgan fingerprint density at radius 3 is 2.44 bits per heavy atom. The summed E-state index contributed by atoms with van der Waals surface area (Å²) >= 11 is 0. The number of benzene rings is 3. The van der Waals surface area contributed by atoms with Crippen LogP contribution in [-0.2, 0) is 28.4 Å². The lowest BCUT2D eigenvalue weighted by Gasteiger charge is -2.35. The predicted octanol–water partition coefficient (Wildman–Crippen LogP) is 4.53. The number of fused-ring (bicyclic) bond motifs is 5. The maximum Gasteiger partial charge on any atom is 0.271 e. The average molecular weight is 606 g/mol. The molecule has 3 atom stereocenters. The van der Waals surface area contributed by atoms with Gasteiger partial charge in [-0.15, -0.1) is 0 Å². The number of carbonyl (C=O) groups excluding carboxylic acids is 1. The zero-order chi connectivity index (χ0) is 30.9. The standard InChI is InChI=1S/C33H39N3O6S/c1-22-18-36(23(2)20-37)33(38)32-31(28-12-8-9-13-29(28)35(32)4)27-11-7-6-10-24(27)21-42-30(22)19-34(3)43(39,40)26-16-14-25(41-5)15-17-26/h6-17,22-23,30,37H,18-21H2,1-5H3/t22-,23-,30+/m0/s1. The third-order valence-corrected chi connectivity index (χ3v) is 10.3. The highest BCUT2D eigenvalue weighted by atomic mass is 32.2. The minimum atomic E-state index is -3.83. The summed E-state index contributed by atoms with van der Waals surface area (Å²) in [6, 6.07) is 21.6. The highest BCUT2D eigenvalue weighted by Crippen LogP contribution is 2.38. The SMILES string of the molecule is COc1ccc(S(=O)(=O)N(C)C[C@H]2OCc3ccccc3-c3c(n(C)c4ccccc34)C(=O)N([C@@H](C)CO)C[C@@H]2C)cc1. The van der Waals surface area contributed by atoms with Gasteiger partial charge in [0.05, 0.1) is 37.4 Å². The van der Waals surface area contributed by atoms with Crippen LogP contribution in [-0.4, -0.2) is 79.2 Å². The molecule has 0 unspecified atom stereocenters. The third kappa shape index (κ3) is 5.80. The van der Waals surface area contributed by atoms with E-state index in [4.69, 9.17) is 9.47 Å². The van der Waals surface area contributed by atoms with Gasteiger partial charge in [0.15, 0.2) is 0 Å². The number of carbonyl (C=O) groups is 1. The van der Waals surface area contributed by atoms with E-state index in [0.717, 1.165) is 27.6 Å². The monoisotopic (exact) mass is 605 g/mol. The Hall–Kier alpha value is -3.70. The van der Waals surface area contributed by atoms with Gasteiger partial charge in [0.1, 0.15) is 11.4 Å². The van der Waals surface area contributed by atoms with Gasteiger partial charge >= 0.3 is 0 Å². The fourth-order valence-corrected chi connectivity index (χ4v) is 6.99. The molecule has 0 saturated heterocycles. The van der Waals surface area contributed by atoms with E-state index in [9.17, 15) is 18.3 Å². The van der Waals surface area contributed by atoms with Crippen molar-refractivity contribution in [3.05, 3.63) is 84.1 Å². The molecule has 1 amide bonds. The van der Waals surface area contributed by atoms with Crippen LogP contribution in [0.1, 0.15) is 29.9 Å². The minimum Gasteiger partial charge on any atom is -0.497 e. The van der Waals surface area contributed by atoms with Crippen molar-refractivity contribution in [1.29, 1.82) is 0 Å². The van der Waals surface area contributed by atoms with E-state index in [1.165, 1.54) is 30.6 Å². The Bertz CT molecular complexity index is 1720. The first kappa shape index (κ1) is 30.7. The first-order valence-corrected chi connectivity index (χ1v) is 15.8. The second kappa shape index (κ2) is 12.5. The fourth-order valence-electron chi connectivity index (χ4n) is 5.80. The van der Waals surface area contributed by atoms with Crippen LogP contribution >= 0.6 is 0 Å². The molecular weight excluding hydrogens is 566 g/mol. The Morgan fingerprint density at radius 2 is 1.74 bits per heavy atom. The van der Waals surface area contributed by atoms with Gasteiger partial charge in [0, 0.05) is 49.6 Å². The molecule has 43 heavy (non-hydrogen) atoms. The molecule has 0 fully saturated rings. The number of aryl methyl sites for hydroxylation is 1. The number of aliphatic hydroxyl groups excluding tert-OH is 1. The summed E-state index contributed by atoms with van der Waals surface area (Å²) in [6.07, 6.45) is -0.551. The van der Waals surface area contributed by atoms with E-state index in [1.807, 2.05) is 74.0 Å². The molecule has 1 aliphatic rings. The van der Waals surface area contributed by atoms with E-state index >= 15 is 0 Å². The van der Waals surface area contributed by atoms with Gasteiger partial charge < -0.3 is 24.0 Å². The Labute approximate surface area is 253 Å². The minimum absolute atomic E-state index is 0.0725. The smallest absolute Gasteiger partial charge is 0.271 e. The number of hydrogen-bond donors (Lipinski definition) is 1. The molecule has 0 bridgehead atoms. The van der Waals surface area contributed by atoms with Crippen LogP contribution in [0.15, 0.2) is 77.7 Å². The molecule has 1 aromatic heterocycles. The van der Waals surface area contributed by atoms with Crippen molar-refractivity contribution in [2.45, 2.75) is 37.5 Å². The van der Waals surface area contributed by atoms with E-state index in [0.29, 0.717) is 11.4 Å². The lowest BCUT2D eigenvalue weighted by atomic mass is 9.96. The topological polar surface area (TPSA) is 101 Å². The number of methoxy groups -OCH3 is 1. The first-order valence-electron chi connectivity index (χ1n) is 14.4. The molecular formula is C33H39N3O6S. The summed E-state index contributed by atoms with van der Waals surface area (Å²) in [5.74, 6) is 0.101. The number of hydrogen-bond acceptors (Lipinski definition) is 6. The van der Waals surface area contributed by atoms with Crippen LogP contribution < -0.4 is 4.74 Å². The number of amides is 1. The van der Waals surface area contributed by atoms with Crippen molar-refractivity contribution in [3.63, 3.8) is 0 Å². The Balaban J connectivity index is 1.58. The van der Waals surface area contributed by atoms with E-state index < -0.39 is 22.2 Å². The largest absolute Gasteiger partial charge is 0.497 e. The molecule has 0 saturated carbocycles. The average Bonchev–Trinajstić information content (AvgIpc) is 3.31. The van der Waals surface area contributed by atoms with Gasteiger partial charge in [-0.2, -0.15) is 4.31 Å². The number of aromatic nitrogens is 1. The molecule has 5 rings (SSSR count). The van der Waals surface area contributed by atoms with Crippen molar-refractivity contribution in [1.82, 2.24) is 13.8 Å². The van der Waals surface area contributed by atoms with Gasteiger partial charge in [-0.05, 0) is 48.4 Å². The lowest BCUT2D eigenvalue weighted by molar-refractivity contribution is -0.0147. The maximum atomic E-state index is 14.5. The molecule has 1 aliphatic heterocycles. The van der Waals surface area contributed by atoms with Crippen LogP contribution in [0, 0.1) is 5.92 Å². The van der Waals surface area contributed by atoms with Crippen LogP contribution in [0.25, 0.3) is 22.0 Å². The van der Waals surface area contributed by atoms with E-state index in [2.05, 4.69) is 0 Å². The van der Waals surface area contributed by atoms with Crippen molar-refractivity contribution in [2.24, 2.45) is 13.0 Å². The second-order valence-electron chi connectivity index (χ2n) is 11.2. The summed E-state index contributed by atoms with van der Waals surface area (Å²) in [4.78, 5) is 16.3. The number of rotatable bonds is 7. The first-order chi connectivity index (χ1) is 20.6. The second-order valence-corrected chi connectivity index (χ2v) is 13.3. The van der Waals surface area contributed by atoms with Gasteiger partial charge in [0.25, 0.3) is 5.91 Å². The van der Waals surface area contributed by atoms with Crippen LogP contribution in [0.4, 0.5) is 0 Å². The van der Waals surface area contributed by atoms with Crippen molar-refractivity contribution < 1.29 is 27.8 Å². The molecule has 0 aliphatic carbocycles. The van der Waals surface area contributed by atoms with Crippen molar-refractivity contribution in [2.75, 3.05) is 33.9 Å². The third-order valence-electron chi connectivity index (χ3n) is 8.43. The summed E-state index contributed by atoms with van der Waals surface area (Å²) in [5.41, 5.74) is 4.07. The Morgan fingerprint density at radius 1 is 1.07 bits per heavy atom. The van der Waals surface area contributed by atoms with Gasteiger partial charge in [-0.3, -0.25) is 4.79 Å². The van der Waals surface area contributed by atoms with E-state index in [-0.39, 0.29) is 43.0 Å². The molecule has 1 N–H and O–H groups in total. The predicted molar refractivity (Wildman–Crippen MR) is 166 cm³/mol. The quantitative estimate of drug-likeness (QED) is 0.332. The Kier molecular flexibility index (Phi) is 8.94. The molecule has 228 valence electrons. The highest BCUT2D eigenvalue weighted by Gasteiger charge is 2.34. The molecule has 4 aromatic rings. The normalized spacial score (nSPS) is 18.7. The number of ether oxygens (including phenoxy) is 2. The molecule has 0 spiro atoms. The van der Waals surface area contributed by atoms with Crippen molar-refractivity contribution in [3.8, 4) is 16.9 Å². The van der Waals surface area contributed by atoms with Crippen LogP contribution in [0.5, 0.6) is 5.75 Å². The lowest BCUT2D eigenvalue weighted by Crippen LogP contribution is -2.48. The maximum absolute atomic E-state index is 14.5. The van der Waals surface area contributed by atoms with Gasteiger partial charge in [-0.1, -0.05) is 49.4 Å². The molecule has 10 heteroatoms. The highest BCUT2D eigenvalue weighted by molar-refractivity contribution is 7.89. The number of sulfonamides is 1. The number of para-hydroxylation sites is 1. The van der Waals surface area contributed by atoms with Gasteiger partial charge in [0.2, 0.25) is 10.0 Å². The summed E-state index contributed by atoms with van der Waals surface area (Å²) in [6.45, 7) is 4.12. The van der Waals surface area contributed by atoms with Crippen molar-refractivity contribution >= 4 is 26.8 Å². The summed E-state index contributed by atoms with van der Waals surface area (Å²) in [7, 11) is 1.13. The zero-order valence-corrected chi connectivity index (χ0v) is 26.0. The number of aliphatic hydroxyl groups is 1. The van der Waals surface area contributed by atoms with Crippen LogP contribution in [0.2, 0.25) is 0 Å². The molecule has 0 radical (unpaired) electrons. The summed E-state index contributed by atoms with van der Waals surface area (Å²) < 4.78 is 42.0. The molecule has 2 heterocycles. The number of nitrogens with zero attached hydrogens (tertiary/aromatic N) is 3. The van der Waals surface area contributed by atoms with Gasteiger partial charge in [-0.25, -0.2) is 8.42 Å². The van der Waals surface area contributed by atoms with Crippen LogP contribution in [0.3, 0.4) is 0 Å². The fraction of sp³-hybridized carbons (Fsp3) is 0.364. The molecule has 9 nitrogen and oxygen atoms in total. The van der Waals surface area contributed by atoms with E-state index in [1.54, 1.807) is 17.0 Å². The summed E-state index contributed by atoms with van der Waals surface area (Å²) in [5, 5.41) is 11.2. The number of likely N-dealkylation sites (N-methyl/N-ethyl adjacent to an activating group) is 1.